The second-order valence-electron chi connectivity index (χ2n) is 5.04. The van der Waals surface area contributed by atoms with Crippen LogP contribution >= 0.6 is 22.9 Å². The van der Waals surface area contributed by atoms with E-state index in [-0.39, 0.29) is 5.91 Å². The van der Waals surface area contributed by atoms with Gasteiger partial charge in [-0.25, -0.2) is 0 Å². The fourth-order valence-corrected chi connectivity index (χ4v) is 3.44. The number of benzene rings is 1. The maximum absolute atomic E-state index is 12.0. The minimum absolute atomic E-state index is 0.0314. The molecule has 0 atom stereocenters. The van der Waals surface area contributed by atoms with Gasteiger partial charge in [0.25, 0.3) is 5.91 Å². The van der Waals surface area contributed by atoms with Crippen LogP contribution in [-0.2, 0) is 6.42 Å². The van der Waals surface area contributed by atoms with E-state index < -0.39 is 0 Å². The normalized spacial score (nSPS) is 13.0. The lowest BCUT2D eigenvalue weighted by Crippen LogP contribution is -2.25. The van der Waals surface area contributed by atoms with Crippen molar-refractivity contribution in [1.29, 1.82) is 0 Å². The highest BCUT2D eigenvalue weighted by atomic mass is 35.5. The Morgan fingerprint density at radius 1 is 1.36 bits per heavy atom. The molecule has 0 saturated carbocycles. The molecule has 0 bridgehead atoms. The third-order valence-corrected chi connectivity index (χ3v) is 4.72. The van der Waals surface area contributed by atoms with Crippen molar-refractivity contribution >= 4 is 28.8 Å². The standard InChI is InChI=1S/C16H16ClNO3S/c1-10-3-7-22-15(10)16(19)18-4-2-11-8-12(17)14-13(9-11)20-5-6-21-14/h3,7-9H,2,4-6H2,1H3,(H,18,19). The predicted molar refractivity (Wildman–Crippen MR) is 87.5 cm³/mol. The van der Waals surface area contributed by atoms with Gasteiger partial charge in [-0.1, -0.05) is 11.6 Å². The number of thiophene rings is 1. The molecule has 0 aliphatic carbocycles. The molecule has 2 aromatic rings. The summed E-state index contributed by atoms with van der Waals surface area (Å²) in [5, 5.41) is 5.40. The van der Waals surface area contributed by atoms with E-state index in [0.717, 1.165) is 16.0 Å². The zero-order valence-electron chi connectivity index (χ0n) is 12.1. The summed E-state index contributed by atoms with van der Waals surface area (Å²) >= 11 is 7.66. The summed E-state index contributed by atoms with van der Waals surface area (Å²) in [4.78, 5) is 12.8. The van der Waals surface area contributed by atoms with Crippen LogP contribution in [0.15, 0.2) is 23.6 Å². The number of fused-ring (bicyclic) bond motifs is 1. The zero-order valence-corrected chi connectivity index (χ0v) is 13.7. The molecule has 1 aromatic carbocycles. The smallest absolute Gasteiger partial charge is 0.261 e. The van der Waals surface area contributed by atoms with E-state index >= 15 is 0 Å². The molecular formula is C16H16ClNO3S. The van der Waals surface area contributed by atoms with Crippen molar-refractivity contribution in [3.05, 3.63) is 44.6 Å². The number of halogens is 1. The summed E-state index contributed by atoms with van der Waals surface area (Å²) < 4.78 is 11.0. The Labute approximate surface area is 138 Å². The van der Waals surface area contributed by atoms with Crippen LogP contribution in [0.4, 0.5) is 0 Å². The third-order valence-electron chi connectivity index (χ3n) is 3.42. The van der Waals surface area contributed by atoms with Gasteiger partial charge in [-0.3, -0.25) is 4.79 Å². The summed E-state index contributed by atoms with van der Waals surface area (Å²) in [6, 6.07) is 5.72. The molecule has 1 amide bonds. The first kappa shape index (κ1) is 15.2. The number of carbonyl (C=O) groups is 1. The van der Waals surface area contributed by atoms with E-state index in [9.17, 15) is 4.79 Å². The largest absolute Gasteiger partial charge is 0.486 e. The van der Waals surface area contributed by atoms with E-state index in [2.05, 4.69) is 5.32 Å². The first-order chi connectivity index (χ1) is 10.6. The number of hydrogen-bond donors (Lipinski definition) is 1. The Kier molecular flexibility index (Phi) is 4.55. The lowest BCUT2D eigenvalue weighted by molar-refractivity contribution is 0.0957. The highest BCUT2D eigenvalue weighted by molar-refractivity contribution is 7.12. The maximum atomic E-state index is 12.0. The molecule has 3 rings (SSSR count). The van der Waals surface area contributed by atoms with Crippen LogP contribution in [0.1, 0.15) is 20.8 Å². The number of amides is 1. The number of hydrogen-bond acceptors (Lipinski definition) is 4. The molecule has 22 heavy (non-hydrogen) atoms. The average molecular weight is 338 g/mol. The fourth-order valence-electron chi connectivity index (χ4n) is 2.31. The molecule has 0 fully saturated rings. The zero-order chi connectivity index (χ0) is 15.5. The van der Waals surface area contributed by atoms with Crippen molar-refractivity contribution in [2.24, 2.45) is 0 Å². The van der Waals surface area contributed by atoms with Gasteiger partial charge in [-0.15, -0.1) is 11.3 Å². The number of rotatable bonds is 4. The summed E-state index contributed by atoms with van der Waals surface area (Å²) in [6.45, 7) is 3.53. The van der Waals surface area contributed by atoms with Crippen LogP contribution in [-0.4, -0.2) is 25.7 Å². The van der Waals surface area contributed by atoms with Crippen molar-refractivity contribution in [1.82, 2.24) is 5.32 Å². The molecule has 1 aromatic heterocycles. The van der Waals surface area contributed by atoms with E-state index in [1.807, 2.05) is 30.5 Å². The van der Waals surface area contributed by atoms with Crippen LogP contribution in [0.2, 0.25) is 5.02 Å². The van der Waals surface area contributed by atoms with Crippen molar-refractivity contribution in [3.8, 4) is 11.5 Å². The van der Waals surface area contributed by atoms with E-state index in [1.54, 1.807) is 0 Å². The molecule has 2 heterocycles. The minimum Gasteiger partial charge on any atom is -0.486 e. The van der Waals surface area contributed by atoms with Gasteiger partial charge in [0.2, 0.25) is 0 Å². The number of carbonyl (C=O) groups excluding carboxylic acids is 1. The van der Waals surface area contributed by atoms with Crippen molar-refractivity contribution in [3.63, 3.8) is 0 Å². The Morgan fingerprint density at radius 3 is 2.95 bits per heavy atom. The average Bonchev–Trinajstić information content (AvgIpc) is 2.93. The quantitative estimate of drug-likeness (QED) is 0.929. The van der Waals surface area contributed by atoms with E-state index in [1.165, 1.54) is 11.3 Å². The summed E-state index contributed by atoms with van der Waals surface area (Å²) in [6.07, 6.45) is 0.687. The molecule has 0 unspecified atom stereocenters. The maximum Gasteiger partial charge on any atom is 0.261 e. The number of nitrogens with one attached hydrogen (secondary N) is 1. The molecule has 6 heteroatoms. The molecule has 4 nitrogen and oxygen atoms in total. The second kappa shape index (κ2) is 6.58. The van der Waals surface area contributed by atoms with Crippen LogP contribution in [0.5, 0.6) is 11.5 Å². The molecular weight excluding hydrogens is 322 g/mol. The lowest BCUT2D eigenvalue weighted by Gasteiger charge is -2.20. The van der Waals surface area contributed by atoms with Crippen molar-refractivity contribution < 1.29 is 14.3 Å². The second-order valence-corrected chi connectivity index (χ2v) is 6.36. The predicted octanol–water partition coefficient (Wildman–Crippen LogP) is 3.45. The highest BCUT2D eigenvalue weighted by Crippen LogP contribution is 2.38. The first-order valence-electron chi connectivity index (χ1n) is 7.05. The highest BCUT2D eigenvalue weighted by Gasteiger charge is 2.16. The van der Waals surface area contributed by atoms with Gasteiger partial charge in [-0.05, 0) is 48.1 Å². The van der Waals surface area contributed by atoms with Gasteiger partial charge >= 0.3 is 0 Å². The van der Waals surface area contributed by atoms with Gasteiger partial charge in [0.15, 0.2) is 11.5 Å². The monoisotopic (exact) mass is 337 g/mol. The van der Waals surface area contributed by atoms with E-state index in [0.29, 0.717) is 42.7 Å². The van der Waals surface area contributed by atoms with Gasteiger partial charge in [0, 0.05) is 6.54 Å². The van der Waals surface area contributed by atoms with Gasteiger partial charge in [0.05, 0.1) is 9.90 Å². The van der Waals surface area contributed by atoms with Crippen LogP contribution < -0.4 is 14.8 Å². The fraction of sp³-hybridized carbons (Fsp3) is 0.312. The molecule has 1 N–H and O–H groups in total. The molecule has 0 spiro atoms. The van der Waals surface area contributed by atoms with Crippen LogP contribution in [0, 0.1) is 6.92 Å². The van der Waals surface area contributed by atoms with Gasteiger partial charge in [0.1, 0.15) is 13.2 Å². The van der Waals surface area contributed by atoms with Crippen molar-refractivity contribution in [2.45, 2.75) is 13.3 Å². The molecule has 1 aliphatic heterocycles. The van der Waals surface area contributed by atoms with Crippen LogP contribution in [0.3, 0.4) is 0 Å². The number of aryl methyl sites for hydroxylation is 1. The van der Waals surface area contributed by atoms with Gasteiger partial charge < -0.3 is 14.8 Å². The summed E-state index contributed by atoms with van der Waals surface area (Å²) in [5.41, 5.74) is 2.02. The minimum atomic E-state index is -0.0314. The Balaban J connectivity index is 1.61. The Bertz CT molecular complexity index is 699. The van der Waals surface area contributed by atoms with E-state index in [4.69, 9.17) is 21.1 Å². The summed E-state index contributed by atoms with van der Waals surface area (Å²) in [5.74, 6) is 1.25. The topological polar surface area (TPSA) is 47.6 Å². The Morgan fingerprint density at radius 2 is 2.18 bits per heavy atom. The third kappa shape index (κ3) is 3.20. The first-order valence-corrected chi connectivity index (χ1v) is 8.31. The van der Waals surface area contributed by atoms with Crippen LogP contribution in [0.25, 0.3) is 0 Å². The number of ether oxygens (including phenoxy) is 2. The molecule has 0 radical (unpaired) electrons. The molecule has 1 aliphatic rings. The Hall–Kier alpha value is -1.72. The van der Waals surface area contributed by atoms with Crippen molar-refractivity contribution in [2.75, 3.05) is 19.8 Å². The summed E-state index contributed by atoms with van der Waals surface area (Å²) in [7, 11) is 0. The molecule has 116 valence electrons. The van der Waals surface area contributed by atoms with Gasteiger partial charge in [-0.2, -0.15) is 0 Å². The SMILES string of the molecule is Cc1ccsc1C(=O)NCCc1cc(Cl)c2c(c1)OCCO2. The lowest BCUT2D eigenvalue weighted by atomic mass is 10.1. The molecule has 0 saturated heterocycles.